The first-order chi connectivity index (χ1) is 11.1. The zero-order valence-corrected chi connectivity index (χ0v) is 14.0. The van der Waals surface area contributed by atoms with Gasteiger partial charge in [-0.25, -0.2) is 0 Å². The molecule has 1 N–H and O–H groups in total. The lowest BCUT2D eigenvalue weighted by Crippen LogP contribution is -2.23. The van der Waals surface area contributed by atoms with Crippen LogP contribution in [0.1, 0.15) is 23.4 Å². The molecule has 0 fully saturated rings. The van der Waals surface area contributed by atoms with Crippen LogP contribution in [0.15, 0.2) is 42.5 Å². The predicted molar refractivity (Wildman–Crippen MR) is 92.5 cm³/mol. The molecule has 118 valence electrons. The van der Waals surface area contributed by atoms with E-state index in [2.05, 4.69) is 5.32 Å². The summed E-state index contributed by atoms with van der Waals surface area (Å²) in [5.41, 5.74) is 0.872. The number of carbonyl (C=O) groups is 1. The van der Waals surface area contributed by atoms with Gasteiger partial charge in [-0.15, -0.1) is 11.3 Å². The van der Waals surface area contributed by atoms with Crippen LogP contribution in [0.3, 0.4) is 0 Å². The average Bonchev–Trinajstić information content (AvgIpc) is 2.98. The SMILES string of the molecule is CC(NC(=O)/C=C/c1ccc(OCC#N)cc1)c1ccc(Cl)s1. The summed E-state index contributed by atoms with van der Waals surface area (Å²) in [6, 6.07) is 12.7. The largest absolute Gasteiger partial charge is 0.479 e. The quantitative estimate of drug-likeness (QED) is 0.797. The summed E-state index contributed by atoms with van der Waals surface area (Å²) in [6.07, 6.45) is 3.20. The molecule has 6 heteroatoms. The minimum absolute atomic E-state index is 0.0161. The molecular weight excluding hydrogens is 332 g/mol. The van der Waals surface area contributed by atoms with Crippen molar-refractivity contribution < 1.29 is 9.53 Å². The summed E-state index contributed by atoms with van der Waals surface area (Å²) in [4.78, 5) is 12.9. The lowest BCUT2D eigenvalue weighted by molar-refractivity contribution is -0.117. The molecule has 1 atom stereocenters. The molecule has 1 aromatic heterocycles. The summed E-state index contributed by atoms with van der Waals surface area (Å²) >= 11 is 7.34. The Morgan fingerprint density at radius 1 is 1.39 bits per heavy atom. The zero-order chi connectivity index (χ0) is 16.7. The molecule has 1 amide bonds. The number of nitrogens with zero attached hydrogens (tertiary/aromatic N) is 1. The normalized spacial score (nSPS) is 11.9. The van der Waals surface area contributed by atoms with Gasteiger partial charge < -0.3 is 10.1 Å². The zero-order valence-electron chi connectivity index (χ0n) is 12.5. The number of hydrogen-bond acceptors (Lipinski definition) is 4. The van der Waals surface area contributed by atoms with Crippen molar-refractivity contribution in [1.29, 1.82) is 5.26 Å². The summed E-state index contributed by atoms with van der Waals surface area (Å²) in [6.45, 7) is 1.93. The number of rotatable bonds is 6. The third-order valence-electron chi connectivity index (χ3n) is 2.99. The fourth-order valence-corrected chi connectivity index (χ4v) is 2.92. The van der Waals surface area contributed by atoms with Gasteiger partial charge in [0.1, 0.15) is 11.8 Å². The van der Waals surface area contributed by atoms with Gasteiger partial charge in [-0.2, -0.15) is 5.26 Å². The Labute approximate surface area is 144 Å². The van der Waals surface area contributed by atoms with Gasteiger partial charge in [-0.1, -0.05) is 23.7 Å². The van der Waals surface area contributed by atoms with Crippen LogP contribution in [-0.4, -0.2) is 12.5 Å². The molecule has 1 aromatic carbocycles. The first kappa shape index (κ1) is 17.1. The van der Waals surface area contributed by atoms with Crippen molar-refractivity contribution in [2.45, 2.75) is 13.0 Å². The molecule has 1 unspecified atom stereocenters. The lowest BCUT2D eigenvalue weighted by atomic mass is 10.2. The van der Waals surface area contributed by atoms with Crippen LogP contribution >= 0.6 is 22.9 Å². The third kappa shape index (κ3) is 5.44. The van der Waals surface area contributed by atoms with E-state index in [0.717, 1.165) is 10.4 Å². The molecule has 4 nitrogen and oxygen atoms in total. The van der Waals surface area contributed by atoms with Gasteiger partial charge in [-0.05, 0) is 42.8 Å². The first-order valence-electron chi connectivity index (χ1n) is 6.92. The van der Waals surface area contributed by atoms with Crippen LogP contribution in [0.4, 0.5) is 0 Å². The minimum atomic E-state index is -0.174. The monoisotopic (exact) mass is 346 g/mol. The van der Waals surface area contributed by atoms with Crippen molar-refractivity contribution in [3.63, 3.8) is 0 Å². The summed E-state index contributed by atoms with van der Waals surface area (Å²) in [5, 5.41) is 11.3. The number of nitriles is 1. The molecule has 23 heavy (non-hydrogen) atoms. The van der Waals surface area contributed by atoms with E-state index >= 15 is 0 Å². The van der Waals surface area contributed by atoms with Crippen molar-refractivity contribution in [3.8, 4) is 11.8 Å². The van der Waals surface area contributed by atoms with Crippen LogP contribution < -0.4 is 10.1 Å². The molecular formula is C17H15ClN2O2S. The number of halogens is 1. The van der Waals surface area contributed by atoms with E-state index in [-0.39, 0.29) is 18.6 Å². The predicted octanol–water partition coefficient (Wildman–Crippen LogP) is 4.19. The van der Waals surface area contributed by atoms with Crippen LogP contribution in [-0.2, 0) is 4.79 Å². The molecule has 2 rings (SSSR count). The molecule has 0 spiro atoms. The standard InChI is InChI=1S/C17H15ClN2O2S/c1-12(15-7-8-16(18)23-15)20-17(21)9-4-13-2-5-14(6-3-13)22-11-10-19/h2-9,12H,11H2,1H3,(H,20,21)/b9-4+. The first-order valence-corrected chi connectivity index (χ1v) is 8.11. The van der Waals surface area contributed by atoms with E-state index in [1.165, 1.54) is 17.4 Å². The molecule has 0 saturated heterocycles. The van der Waals surface area contributed by atoms with E-state index in [9.17, 15) is 4.79 Å². The highest BCUT2D eigenvalue weighted by Gasteiger charge is 2.09. The lowest BCUT2D eigenvalue weighted by Gasteiger charge is -2.09. The average molecular weight is 347 g/mol. The smallest absolute Gasteiger partial charge is 0.244 e. The van der Waals surface area contributed by atoms with Gasteiger partial charge >= 0.3 is 0 Å². The summed E-state index contributed by atoms with van der Waals surface area (Å²) in [7, 11) is 0. The van der Waals surface area contributed by atoms with Gasteiger partial charge in [0.15, 0.2) is 6.61 Å². The van der Waals surface area contributed by atoms with E-state index in [1.54, 1.807) is 18.2 Å². The molecule has 0 saturated carbocycles. The highest BCUT2D eigenvalue weighted by Crippen LogP contribution is 2.26. The Morgan fingerprint density at radius 2 is 2.13 bits per heavy atom. The second kappa shape index (κ2) is 8.37. The molecule has 0 aliphatic rings. The summed E-state index contributed by atoms with van der Waals surface area (Å²) in [5.74, 6) is 0.447. The number of hydrogen-bond donors (Lipinski definition) is 1. The van der Waals surface area contributed by atoms with Crippen LogP contribution in [0.5, 0.6) is 5.75 Å². The number of carbonyl (C=O) groups excluding carboxylic acids is 1. The summed E-state index contributed by atoms with van der Waals surface area (Å²) < 4.78 is 5.87. The Balaban J connectivity index is 1.89. The third-order valence-corrected chi connectivity index (χ3v) is 4.40. The van der Waals surface area contributed by atoms with Gasteiger partial charge in [0, 0.05) is 11.0 Å². The number of ether oxygens (including phenoxy) is 1. The highest BCUT2D eigenvalue weighted by molar-refractivity contribution is 7.16. The van der Waals surface area contributed by atoms with Gasteiger partial charge in [0.25, 0.3) is 0 Å². The van der Waals surface area contributed by atoms with Crippen LogP contribution in [0.25, 0.3) is 6.08 Å². The van der Waals surface area contributed by atoms with Gasteiger partial charge in [0.2, 0.25) is 5.91 Å². The van der Waals surface area contributed by atoms with Crippen molar-refractivity contribution in [3.05, 3.63) is 57.3 Å². The molecule has 0 aliphatic carbocycles. The Kier molecular flexibility index (Phi) is 6.21. The van der Waals surface area contributed by atoms with E-state index < -0.39 is 0 Å². The maximum atomic E-state index is 11.9. The van der Waals surface area contributed by atoms with Crippen LogP contribution in [0, 0.1) is 11.3 Å². The van der Waals surface area contributed by atoms with E-state index in [0.29, 0.717) is 10.1 Å². The fourth-order valence-electron chi connectivity index (χ4n) is 1.86. The van der Waals surface area contributed by atoms with Gasteiger partial charge in [-0.3, -0.25) is 4.79 Å². The Bertz CT molecular complexity index is 732. The van der Waals surface area contributed by atoms with Crippen LogP contribution in [0.2, 0.25) is 4.34 Å². The molecule has 0 bridgehead atoms. The Morgan fingerprint density at radius 3 is 2.74 bits per heavy atom. The molecule has 0 radical (unpaired) electrons. The highest BCUT2D eigenvalue weighted by atomic mass is 35.5. The number of nitrogens with one attached hydrogen (secondary N) is 1. The molecule has 0 aliphatic heterocycles. The molecule has 1 heterocycles. The maximum absolute atomic E-state index is 11.9. The van der Waals surface area contributed by atoms with Crippen molar-refractivity contribution in [2.24, 2.45) is 0 Å². The molecule has 2 aromatic rings. The topological polar surface area (TPSA) is 62.1 Å². The minimum Gasteiger partial charge on any atom is -0.479 e. The van der Waals surface area contributed by atoms with E-state index in [1.807, 2.05) is 37.3 Å². The number of thiophene rings is 1. The second-order valence-electron chi connectivity index (χ2n) is 4.72. The number of benzene rings is 1. The van der Waals surface area contributed by atoms with Crippen molar-refractivity contribution in [1.82, 2.24) is 5.32 Å². The Hall–Kier alpha value is -2.29. The van der Waals surface area contributed by atoms with Crippen molar-refractivity contribution in [2.75, 3.05) is 6.61 Å². The fraction of sp³-hybridized carbons (Fsp3) is 0.176. The van der Waals surface area contributed by atoms with Gasteiger partial charge in [0.05, 0.1) is 10.4 Å². The maximum Gasteiger partial charge on any atom is 0.244 e. The van der Waals surface area contributed by atoms with E-state index in [4.69, 9.17) is 21.6 Å². The second-order valence-corrected chi connectivity index (χ2v) is 6.47. The van der Waals surface area contributed by atoms with Crippen molar-refractivity contribution >= 4 is 34.9 Å². The number of amides is 1.